The summed E-state index contributed by atoms with van der Waals surface area (Å²) in [6, 6.07) is 8.65. The number of nitrogen functional groups attached to an aromatic ring is 1. The van der Waals surface area contributed by atoms with Crippen molar-refractivity contribution in [2.75, 3.05) is 38.2 Å². The van der Waals surface area contributed by atoms with Crippen LogP contribution in [0.1, 0.15) is 17.5 Å². The van der Waals surface area contributed by atoms with Gasteiger partial charge in [-0.2, -0.15) is 0 Å². The minimum Gasteiger partial charge on any atom is -0.399 e. The van der Waals surface area contributed by atoms with Gasteiger partial charge < -0.3 is 16.0 Å². The van der Waals surface area contributed by atoms with Gasteiger partial charge in [-0.3, -0.25) is 0 Å². The molecule has 3 N–H and O–H groups in total. The fourth-order valence-corrected chi connectivity index (χ4v) is 2.25. The first-order chi connectivity index (χ1) is 10.6. The van der Waals surface area contributed by atoms with Gasteiger partial charge in [-0.05, 0) is 56.4 Å². The Kier molecular flexibility index (Phi) is 5.72. The van der Waals surface area contributed by atoms with Crippen LogP contribution >= 0.6 is 0 Å². The lowest BCUT2D eigenvalue weighted by Gasteiger charge is -2.13. The SMILES string of the molecule is CN(C)CCCNc1ncccc1Cc1ccc(N)cc1F. The Morgan fingerprint density at radius 3 is 2.77 bits per heavy atom. The molecule has 0 spiro atoms. The maximum Gasteiger partial charge on any atom is 0.129 e. The van der Waals surface area contributed by atoms with Crippen molar-refractivity contribution >= 4 is 11.5 Å². The molecule has 4 nitrogen and oxygen atoms in total. The highest BCUT2D eigenvalue weighted by molar-refractivity contribution is 5.48. The smallest absolute Gasteiger partial charge is 0.129 e. The summed E-state index contributed by atoms with van der Waals surface area (Å²) in [4.78, 5) is 6.51. The molecule has 118 valence electrons. The topological polar surface area (TPSA) is 54.2 Å². The Labute approximate surface area is 131 Å². The fraction of sp³-hybridized carbons (Fsp3) is 0.353. The number of hydrogen-bond donors (Lipinski definition) is 2. The second kappa shape index (κ2) is 7.75. The summed E-state index contributed by atoms with van der Waals surface area (Å²) in [7, 11) is 4.10. The highest BCUT2D eigenvalue weighted by atomic mass is 19.1. The summed E-state index contributed by atoms with van der Waals surface area (Å²) in [5.74, 6) is 0.542. The van der Waals surface area contributed by atoms with E-state index in [9.17, 15) is 4.39 Å². The molecule has 1 aromatic heterocycles. The molecule has 1 aromatic carbocycles. The first-order valence-corrected chi connectivity index (χ1v) is 7.42. The van der Waals surface area contributed by atoms with Crippen LogP contribution in [0.4, 0.5) is 15.9 Å². The van der Waals surface area contributed by atoms with Gasteiger partial charge in [-0.15, -0.1) is 0 Å². The third-order valence-corrected chi connectivity index (χ3v) is 3.42. The Balaban J connectivity index is 2.04. The van der Waals surface area contributed by atoms with Gasteiger partial charge in [0.05, 0.1) is 0 Å². The van der Waals surface area contributed by atoms with E-state index >= 15 is 0 Å². The largest absolute Gasteiger partial charge is 0.399 e. The highest BCUT2D eigenvalue weighted by Crippen LogP contribution is 2.20. The number of hydrogen-bond acceptors (Lipinski definition) is 4. The van der Waals surface area contributed by atoms with Crippen LogP contribution in [0.5, 0.6) is 0 Å². The molecule has 2 rings (SSSR count). The van der Waals surface area contributed by atoms with Crippen LogP contribution in [0, 0.1) is 5.82 Å². The number of nitrogens with one attached hydrogen (secondary N) is 1. The van der Waals surface area contributed by atoms with Crippen molar-refractivity contribution in [3.63, 3.8) is 0 Å². The number of aromatic nitrogens is 1. The predicted octanol–water partition coefficient (Wildman–Crippen LogP) is 2.76. The van der Waals surface area contributed by atoms with Crippen molar-refractivity contribution in [2.24, 2.45) is 0 Å². The van der Waals surface area contributed by atoms with E-state index in [4.69, 9.17) is 5.73 Å². The van der Waals surface area contributed by atoms with E-state index in [1.54, 1.807) is 18.3 Å². The van der Waals surface area contributed by atoms with Crippen LogP contribution in [0.3, 0.4) is 0 Å². The molecule has 0 saturated heterocycles. The summed E-state index contributed by atoms with van der Waals surface area (Å²) in [5, 5.41) is 3.33. The molecule has 0 aliphatic heterocycles. The number of anilines is 2. The average Bonchev–Trinajstić information content (AvgIpc) is 2.48. The zero-order chi connectivity index (χ0) is 15.9. The van der Waals surface area contributed by atoms with Crippen molar-refractivity contribution in [2.45, 2.75) is 12.8 Å². The highest BCUT2D eigenvalue weighted by Gasteiger charge is 2.08. The lowest BCUT2D eigenvalue weighted by Crippen LogP contribution is -2.17. The van der Waals surface area contributed by atoms with Crippen molar-refractivity contribution < 1.29 is 4.39 Å². The quantitative estimate of drug-likeness (QED) is 0.610. The molecule has 0 aliphatic rings. The maximum atomic E-state index is 13.9. The van der Waals surface area contributed by atoms with Crippen LogP contribution in [-0.2, 0) is 6.42 Å². The normalized spacial score (nSPS) is 10.9. The second-order valence-electron chi connectivity index (χ2n) is 5.62. The lowest BCUT2D eigenvalue weighted by atomic mass is 10.0. The van der Waals surface area contributed by atoms with Crippen molar-refractivity contribution in [1.29, 1.82) is 0 Å². The van der Waals surface area contributed by atoms with Gasteiger partial charge in [0, 0.05) is 24.8 Å². The first-order valence-electron chi connectivity index (χ1n) is 7.42. The van der Waals surface area contributed by atoms with E-state index in [0.29, 0.717) is 17.7 Å². The van der Waals surface area contributed by atoms with Crippen molar-refractivity contribution in [3.8, 4) is 0 Å². The molecule has 0 saturated carbocycles. The minimum atomic E-state index is -0.276. The Morgan fingerprint density at radius 2 is 2.05 bits per heavy atom. The van der Waals surface area contributed by atoms with Crippen LogP contribution < -0.4 is 11.1 Å². The third-order valence-electron chi connectivity index (χ3n) is 3.42. The van der Waals surface area contributed by atoms with Crippen LogP contribution in [0.25, 0.3) is 0 Å². The lowest BCUT2D eigenvalue weighted by molar-refractivity contribution is 0.405. The molecule has 22 heavy (non-hydrogen) atoms. The molecule has 1 heterocycles. The van der Waals surface area contributed by atoms with E-state index < -0.39 is 0 Å². The van der Waals surface area contributed by atoms with Gasteiger partial charge in [0.2, 0.25) is 0 Å². The predicted molar refractivity (Wildman–Crippen MR) is 89.5 cm³/mol. The summed E-state index contributed by atoms with van der Waals surface area (Å²) in [6.45, 7) is 1.86. The molecular weight excluding hydrogens is 279 g/mol. The summed E-state index contributed by atoms with van der Waals surface area (Å²) < 4.78 is 13.9. The summed E-state index contributed by atoms with van der Waals surface area (Å²) >= 11 is 0. The molecule has 2 aromatic rings. The van der Waals surface area contributed by atoms with E-state index in [-0.39, 0.29) is 5.82 Å². The van der Waals surface area contributed by atoms with Gasteiger partial charge in [-0.25, -0.2) is 9.37 Å². The molecule has 0 amide bonds. The maximum absolute atomic E-state index is 13.9. The number of rotatable bonds is 7. The van der Waals surface area contributed by atoms with E-state index in [0.717, 1.165) is 30.9 Å². The number of halogens is 1. The monoisotopic (exact) mass is 302 g/mol. The molecule has 0 bridgehead atoms. The van der Waals surface area contributed by atoms with E-state index in [1.807, 2.05) is 12.1 Å². The fourth-order valence-electron chi connectivity index (χ4n) is 2.25. The Hall–Kier alpha value is -2.14. The molecule has 0 radical (unpaired) electrons. The van der Waals surface area contributed by atoms with Crippen molar-refractivity contribution in [3.05, 3.63) is 53.5 Å². The van der Waals surface area contributed by atoms with Gasteiger partial charge >= 0.3 is 0 Å². The number of benzene rings is 1. The van der Waals surface area contributed by atoms with Crippen molar-refractivity contribution in [1.82, 2.24) is 9.88 Å². The molecular formula is C17H23FN4. The van der Waals surface area contributed by atoms with Gasteiger partial charge in [0.25, 0.3) is 0 Å². The number of nitrogens with two attached hydrogens (primary N) is 1. The standard InChI is InChI=1S/C17H23FN4/c1-22(2)10-4-9-21-17-14(5-3-8-20-17)11-13-6-7-15(19)12-16(13)18/h3,5-8,12H,4,9-11,19H2,1-2H3,(H,20,21). The summed E-state index contributed by atoms with van der Waals surface area (Å²) in [6.07, 6.45) is 3.27. The molecule has 0 aliphatic carbocycles. The van der Waals surface area contributed by atoms with Crippen LogP contribution in [0.2, 0.25) is 0 Å². The Morgan fingerprint density at radius 1 is 1.23 bits per heavy atom. The van der Waals surface area contributed by atoms with E-state index in [1.165, 1.54) is 6.07 Å². The zero-order valence-corrected chi connectivity index (χ0v) is 13.1. The van der Waals surface area contributed by atoms with Gasteiger partial charge in [0.1, 0.15) is 11.6 Å². The zero-order valence-electron chi connectivity index (χ0n) is 13.1. The molecule has 0 fully saturated rings. The minimum absolute atomic E-state index is 0.276. The van der Waals surface area contributed by atoms with Gasteiger partial charge in [0.15, 0.2) is 0 Å². The Bertz CT molecular complexity index is 613. The van der Waals surface area contributed by atoms with Gasteiger partial charge in [-0.1, -0.05) is 12.1 Å². The van der Waals surface area contributed by atoms with Crippen LogP contribution in [-0.4, -0.2) is 37.1 Å². The number of pyridine rings is 1. The van der Waals surface area contributed by atoms with E-state index in [2.05, 4.69) is 29.3 Å². The third kappa shape index (κ3) is 4.70. The second-order valence-corrected chi connectivity index (χ2v) is 5.62. The van der Waals surface area contributed by atoms with Crippen LogP contribution in [0.15, 0.2) is 36.5 Å². The molecule has 0 atom stereocenters. The molecule has 0 unspecified atom stereocenters. The molecule has 5 heteroatoms. The average molecular weight is 302 g/mol. The first kappa shape index (κ1) is 16.2. The summed E-state index contributed by atoms with van der Waals surface area (Å²) in [5.41, 5.74) is 7.63. The number of nitrogens with zero attached hydrogens (tertiary/aromatic N) is 2.